The molecule has 1 aliphatic heterocycles. The van der Waals surface area contributed by atoms with Gasteiger partial charge >= 0.3 is 11.9 Å². The fourth-order valence-corrected chi connectivity index (χ4v) is 4.31. The zero-order valence-electron chi connectivity index (χ0n) is 10.8. The summed E-state index contributed by atoms with van der Waals surface area (Å²) in [5.74, 6) is 0.973. The maximum atomic E-state index is 11.9. The molecule has 4 heteroatoms. The third kappa shape index (κ3) is 1.82. The molecule has 0 bridgehead atoms. The molecule has 100 valence electrons. The van der Waals surface area contributed by atoms with Crippen molar-refractivity contribution in [3.05, 3.63) is 0 Å². The van der Waals surface area contributed by atoms with Crippen molar-refractivity contribution in [2.75, 3.05) is 7.11 Å². The van der Waals surface area contributed by atoms with Crippen molar-refractivity contribution < 1.29 is 19.1 Å². The molecule has 18 heavy (non-hydrogen) atoms. The molecule has 2 aliphatic carbocycles. The second kappa shape index (κ2) is 4.56. The van der Waals surface area contributed by atoms with E-state index < -0.39 is 0 Å². The standard InChI is InChI=1S/C14H20O4/c1-17-14(16)11-6-5-8-7-12(15)18-13(8)10-4-2-3-9(10)11/h8-11,13H,2-7H2,1H3/t8-,9-,10-,11-,13-/m0/s1. The van der Waals surface area contributed by atoms with Crippen LogP contribution in [0.4, 0.5) is 0 Å². The fraction of sp³-hybridized carbons (Fsp3) is 0.857. The van der Waals surface area contributed by atoms with E-state index in [2.05, 4.69) is 0 Å². The molecule has 0 aromatic heterocycles. The first-order chi connectivity index (χ1) is 8.70. The Labute approximate surface area is 107 Å². The third-order valence-corrected chi connectivity index (χ3v) is 5.08. The summed E-state index contributed by atoms with van der Waals surface area (Å²) in [5.41, 5.74) is 0. The van der Waals surface area contributed by atoms with Crippen molar-refractivity contribution in [3.8, 4) is 0 Å². The Hall–Kier alpha value is -1.06. The number of carbonyl (C=O) groups is 2. The number of carbonyl (C=O) groups excluding carboxylic acids is 2. The van der Waals surface area contributed by atoms with Crippen LogP contribution in [0.1, 0.15) is 38.5 Å². The lowest BCUT2D eigenvalue weighted by atomic mass is 9.81. The summed E-state index contributed by atoms with van der Waals surface area (Å²) in [6.45, 7) is 0. The number of methoxy groups -OCH3 is 1. The van der Waals surface area contributed by atoms with Gasteiger partial charge < -0.3 is 9.47 Å². The number of esters is 2. The monoisotopic (exact) mass is 252 g/mol. The van der Waals surface area contributed by atoms with Gasteiger partial charge in [-0.05, 0) is 37.5 Å². The Kier molecular flexibility index (Phi) is 3.04. The third-order valence-electron chi connectivity index (χ3n) is 5.08. The van der Waals surface area contributed by atoms with Crippen LogP contribution in [0.5, 0.6) is 0 Å². The second-order valence-electron chi connectivity index (χ2n) is 5.88. The number of ether oxygens (including phenoxy) is 2. The summed E-state index contributed by atoms with van der Waals surface area (Å²) in [6, 6.07) is 0. The lowest BCUT2D eigenvalue weighted by molar-refractivity contribution is -0.149. The van der Waals surface area contributed by atoms with Crippen LogP contribution < -0.4 is 0 Å². The lowest BCUT2D eigenvalue weighted by Crippen LogP contribution is -2.32. The highest BCUT2D eigenvalue weighted by Gasteiger charge is 2.50. The van der Waals surface area contributed by atoms with E-state index in [4.69, 9.17) is 9.47 Å². The second-order valence-corrected chi connectivity index (χ2v) is 5.88. The molecule has 1 saturated heterocycles. The van der Waals surface area contributed by atoms with Crippen LogP contribution in [-0.4, -0.2) is 25.2 Å². The minimum absolute atomic E-state index is 0.0202. The molecule has 0 aromatic rings. The summed E-state index contributed by atoms with van der Waals surface area (Å²) in [4.78, 5) is 23.4. The summed E-state index contributed by atoms with van der Waals surface area (Å²) < 4.78 is 10.5. The van der Waals surface area contributed by atoms with Gasteiger partial charge in [0.2, 0.25) is 0 Å². The zero-order valence-corrected chi connectivity index (χ0v) is 10.8. The molecule has 0 radical (unpaired) electrons. The first kappa shape index (κ1) is 12.0. The number of hydrogen-bond acceptors (Lipinski definition) is 4. The van der Waals surface area contributed by atoms with Gasteiger partial charge in [-0.1, -0.05) is 6.42 Å². The van der Waals surface area contributed by atoms with E-state index in [1.54, 1.807) is 0 Å². The van der Waals surface area contributed by atoms with E-state index in [1.165, 1.54) is 7.11 Å². The van der Waals surface area contributed by atoms with Crippen molar-refractivity contribution in [3.63, 3.8) is 0 Å². The predicted octanol–water partition coefficient (Wildman–Crippen LogP) is 1.92. The first-order valence-corrected chi connectivity index (χ1v) is 6.98. The maximum absolute atomic E-state index is 11.9. The first-order valence-electron chi connectivity index (χ1n) is 6.98. The van der Waals surface area contributed by atoms with Gasteiger partial charge in [-0.2, -0.15) is 0 Å². The average Bonchev–Trinajstić information content (AvgIpc) is 2.93. The van der Waals surface area contributed by atoms with Crippen molar-refractivity contribution in [1.82, 2.24) is 0 Å². The molecule has 2 saturated carbocycles. The quantitative estimate of drug-likeness (QED) is 0.669. The van der Waals surface area contributed by atoms with Gasteiger partial charge in [0, 0.05) is 5.92 Å². The van der Waals surface area contributed by atoms with E-state index in [1.807, 2.05) is 0 Å². The summed E-state index contributed by atoms with van der Waals surface area (Å²) >= 11 is 0. The molecule has 0 aromatic carbocycles. The fourth-order valence-electron chi connectivity index (χ4n) is 4.31. The van der Waals surface area contributed by atoms with Gasteiger partial charge in [0.15, 0.2) is 0 Å². The smallest absolute Gasteiger partial charge is 0.308 e. The normalized spacial score (nSPS) is 42.7. The molecular weight excluding hydrogens is 232 g/mol. The molecule has 4 nitrogen and oxygen atoms in total. The van der Waals surface area contributed by atoms with Gasteiger partial charge in [-0.15, -0.1) is 0 Å². The average molecular weight is 252 g/mol. The summed E-state index contributed by atoms with van der Waals surface area (Å²) in [5, 5.41) is 0. The van der Waals surface area contributed by atoms with Crippen molar-refractivity contribution in [2.24, 2.45) is 23.7 Å². The van der Waals surface area contributed by atoms with E-state index in [9.17, 15) is 9.59 Å². The van der Waals surface area contributed by atoms with Gasteiger partial charge in [-0.3, -0.25) is 9.59 Å². The van der Waals surface area contributed by atoms with Crippen LogP contribution in [0.3, 0.4) is 0 Å². The molecule has 3 aliphatic rings. The number of hydrogen-bond donors (Lipinski definition) is 0. The van der Waals surface area contributed by atoms with Crippen LogP contribution >= 0.6 is 0 Å². The number of rotatable bonds is 1. The lowest BCUT2D eigenvalue weighted by Gasteiger charge is -2.27. The SMILES string of the molecule is COC(=O)[C@H]1CC[C@H]2CC(=O)O[C@@H]2[C@H]2CCC[C@@H]21. The Balaban J connectivity index is 1.85. The highest BCUT2D eigenvalue weighted by Crippen LogP contribution is 2.49. The van der Waals surface area contributed by atoms with Crippen LogP contribution in [0, 0.1) is 23.7 Å². The minimum atomic E-state index is -0.0711. The summed E-state index contributed by atoms with van der Waals surface area (Å²) in [7, 11) is 1.47. The number of fused-ring (bicyclic) bond motifs is 3. The Morgan fingerprint density at radius 2 is 2.00 bits per heavy atom. The van der Waals surface area contributed by atoms with Crippen molar-refractivity contribution >= 4 is 11.9 Å². The van der Waals surface area contributed by atoms with Gasteiger partial charge in [0.05, 0.1) is 19.4 Å². The van der Waals surface area contributed by atoms with Gasteiger partial charge in [0.1, 0.15) is 6.10 Å². The van der Waals surface area contributed by atoms with Crippen LogP contribution in [0.25, 0.3) is 0 Å². The van der Waals surface area contributed by atoms with Crippen molar-refractivity contribution in [1.29, 1.82) is 0 Å². The molecule has 5 atom stereocenters. The van der Waals surface area contributed by atoms with Crippen LogP contribution in [0.2, 0.25) is 0 Å². The van der Waals surface area contributed by atoms with Crippen molar-refractivity contribution in [2.45, 2.75) is 44.6 Å². The Morgan fingerprint density at radius 3 is 2.78 bits per heavy atom. The zero-order chi connectivity index (χ0) is 12.7. The van der Waals surface area contributed by atoms with E-state index in [0.29, 0.717) is 24.2 Å². The Bertz CT molecular complexity index is 365. The van der Waals surface area contributed by atoms with Gasteiger partial charge in [0.25, 0.3) is 0 Å². The van der Waals surface area contributed by atoms with E-state index >= 15 is 0 Å². The highest BCUT2D eigenvalue weighted by atomic mass is 16.6. The molecular formula is C14H20O4. The topological polar surface area (TPSA) is 52.6 Å². The van der Waals surface area contributed by atoms with Gasteiger partial charge in [-0.25, -0.2) is 0 Å². The van der Waals surface area contributed by atoms with Crippen LogP contribution in [0.15, 0.2) is 0 Å². The molecule has 0 spiro atoms. The molecule has 0 amide bonds. The minimum Gasteiger partial charge on any atom is -0.469 e. The maximum Gasteiger partial charge on any atom is 0.308 e. The Morgan fingerprint density at radius 1 is 1.22 bits per heavy atom. The highest BCUT2D eigenvalue weighted by molar-refractivity contribution is 5.74. The molecule has 1 heterocycles. The molecule has 3 rings (SSSR count). The molecule has 3 fully saturated rings. The summed E-state index contributed by atoms with van der Waals surface area (Å²) in [6.07, 6.45) is 5.69. The van der Waals surface area contributed by atoms with E-state index in [-0.39, 0.29) is 24.0 Å². The largest absolute Gasteiger partial charge is 0.469 e. The molecule has 0 N–H and O–H groups in total. The van der Waals surface area contributed by atoms with Crippen LogP contribution in [-0.2, 0) is 19.1 Å². The predicted molar refractivity (Wildman–Crippen MR) is 63.6 cm³/mol. The van der Waals surface area contributed by atoms with E-state index in [0.717, 1.165) is 32.1 Å². The molecule has 0 unspecified atom stereocenters.